The zero-order valence-electron chi connectivity index (χ0n) is 10.1. The molecule has 5 nitrogen and oxygen atoms in total. The number of nitrogens with two attached hydrogens (primary N) is 1. The molecule has 0 fully saturated rings. The predicted molar refractivity (Wildman–Crippen MR) is 75.1 cm³/mol. The van der Waals surface area contributed by atoms with Gasteiger partial charge in [0.15, 0.2) is 0 Å². The number of carbonyl (C=O) groups is 1. The molecule has 0 aliphatic carbocycles. The minimum Gasteiger partial charge on any atom is -0.478 e. The van der Waals surface area contributed by atoms with Gasteiger partial charge in [0.05, 0.1) is 22.6 Å². The number of hydrogen-bond donors (Lipinski definition) is 3. The molecule has 1 aromatic carbocycles. The topological polar surface area (TPSA) is 88.2 Å². The fourth-order valence-corrected chi connectivity index (χ4v) is 1.87. The van der Waals surface area contributed by atoms with Gasteiger partial charge >= 0.3 is 5.97 Å². The highest BCUT2D eigenvalue weighted by Crippen LogP contribution is 2.27. The van der Waals surface area contributed by atoms with Crippen molar-refractivity contribution in [3.8, 4) is 0 Å². The van der Waals surface area contributed by atoms with Gasteiger partial charge in [0, 0.05) is 0 Å². The lowest BCUT2D eigenvalue weighted by atomic mass is 10.2. The largest absolute Gasteiger partial charge is 0.478 e. The van der Waals surface area contributed by atoms with Crippen molar-refractivity contribution in [3.63, 3.8) is 0 Å². The molecule has 1 aromatic heterocycles. The van der Waals surface area contributed by atoms with E-state index in [1.165, 1.54) is 12.3 Å². The Bertz CT molecular complexity index is 644. The molecule has 0 aliphatic rings. The van der Waals surface area contributed by atoms with E-state index in [-0.39, 0.29) is 17.1 Å². The van der Waals surface area contributed by atoms with Gasteiger partial charge in [-0.3, -0.25) is 0 Å². The van der Waals surface area contributed by atoms with Crippen molar-refractivity contribution in [3.05, 3.63) is 46.6 Å². The summed E-state index contributed by atoms with van der Waals surface area (Å²) in [7, 11) is 0. The third-order valence-corrected chi connectivity index (χ3v) is 2.83. The fourth-order valence-electron chi connectivity index (χ4n) is 1.59. The SMILES string of the molecule is Cc1ccc(Nc2ncc(N)cc2C(=O)O)c(Cl)c1. The first kappa shape index (κ1) is 13.2. The molecule has 19 heavy (non-hydrogen) atoms. The number of hydrogen-bond acceptors (Lipinski definition) is 4. The number of pyridine rings is 1. The number of nitrogens with one attached hydrogen (secondary N) is 1. The number of carboxylic acids is 1. The lowest BCUT2D eigenvalue weighted by Gasteiger charge is -2.11. The van der Waals surface area contributed by atoms with E-state index in [2.05, 4.69) is 10.3 Å². The van der Waals surface area contributed by atoms with E-state index in [9.17, 15) is 4.79 Å². The number of nitrogen functional groups attached to an aromatic ring is 1. The summed E-state index contributed by atoms with van der Waals surface area (Å²) in [4.78, 5) is 15.1. The van der Waals surface area contributed by atoms with E-state index in [1.807, 2.05) is 13.0 Å². The van der Waals surface area contributed by atoms with Crippen LogP contribution in [-0.4, -0.2) is 16.1 Å². The number of carboxylic acid groups (broad SMARTS) is 1. The second kappa shape index (κ2) is 5.16. The van der Waals surface area contributed by atoms with E-state index < -0.39 is 5.97 Å². The van der Waals surface area contributed by atoms with Gasteiger partial charge in [-0.05, 0) is 30.7 Å². The second-order valence-electron chi connectivity index (χ2n) is 4.08. The second-order valence-corrected chi connectivity index (χ2v) is 4.49. The average molecular weight is 278 g/mol. The Morgan fingerprint density at radius 3 is 2.79 bits per heavy atom. The standard InChI is InChI=1S/C13H12ClN3O2/c1-7-2-3-11(10(14)4-7)17-12-9(13(18)19)5-8(15)6-16-12/h2-6H,15H2,1H3,(H,16,17)(H,18,19). The summed E-state index contributed by atoms with van der Waals surface area (Å²) in [5.41, 5.74) is 7.42. The monoisotopic (exact) mass is 277 g/mol. The highest BCUT2D eigenvalue weighted by atomic mass is 35.5. The van der Waals surface area contributed by atoms with E-state index in [4.69, 9.17) is 22.4 Å². The Morgan fingerprint density at radius 2 is 2.16 bits per heavy atom. The molecule has 2 aromatic rings. The molecule has 1 heterocycles. The first-order valence-electron chi connectivity index (χ1n) is 5.49. The van der Waals surface area contributed by atoms with Crippen LogP contribution in [0.3, 0.4) is 0 Å². The van der Waals surface area contributed by atoms with E-state index >= 15 is 0 Å². The first-order valence-corrected chi connectivity index (χ1v) is 5.87. The molecule has 0 spiro atoms. The summed E-state index contributed by atoms with van der Waals surface area (Å²) in [5, 5.41) is 12.5. The Morgan fingerprint density at radius 1 is 1.42 bits per heavy atom. The summed E-state index contributed by atoms with van der Waals surface area (Å²) in [6.07, 6.45) is 1.39. The molecule has 0 atom stereocenters. The van der Waals surface area contributed by atoms with Crippen LogP contribution in [0.2, 0.25) is 5.02 Å². The van der Waals surface area contributed by atoms with Gasteiger partial charge in [0.25, 0.3) is 0 Å². The molecule has 6 heteroatoms. The summed E-state index contributed by atoms with van der Waals surface area (Å²) in [6, 6.07) is 6.76. The smallest absolute Gasteiger partial charge is 0.339 e. The number of benzene rings is 1. The van der Waals surface area contributed by atoms with Gasteiger partial charge in [0.1, 0.15) is 11.4 Å². The van der Waals surface area contributed by atoms with Crippen molar-refractivity contribution < 1.29 is 9.90 Å². The predicted octanol–water partition coefficient (Wildman–Crippen LogP) is 3.07. The van der Waals surface area contributed by atoms with Crippen LogP contribution < -0.4 is 11.1 Å². The Hall–Kier alpha value is -2.27. The molecule has 0 radical (unpaired) electrons. The van der Waals surface area contributed by atoms with Crippen LogP contribution in [0.4, 0.5) is 17.2 Å². The van der Waals surface area contributed by atoms with Crippen molar-refractivity contribution in [1.82, 2.24) is 4.98 Å². The molecule has 0 bridgehead atoms. The summed E-state index contributed by atoms with van der Waals surface area (Å²) < 4.78 is 0. The molecule has 98 valence electrons. The molecular weight excluding hydrogens is 266 g/mol. The van der Waals surface area contributed by atoms with Gasteiger partial charge in [-0.25, -0.2) is 9.78 Å². The summed E-state index contributed by atoms with van der Waals surface area (Å²) in [5.74, 6) is -0.905. The Labute approximate surface area is 115 Å². The van der Waals surface area contributed by atoms with E-state index in [1.54, 1.807) is 12.1 Å². The van der Waals surface area contributed by atoms with Crippen LogP contribution in [0.25, 0.3) is 0 Å². The number of rotatable bonds is 3. The normalized spacial score (nSPS) is 10.2. The zero-order valence-corrected chi connectivity index (χ0v) is 10.9. The molecule has 0 aliphatic heterocycles. The van der Waals surface area contributed by atoms with Crippen LogP contribution in [-0.2, 0) is 0 Å². The van der Waals surface area contributed by atoms with E-state index in [0.717, 1.165) is 5.56 Å². The van der Waals surface area contributed by atoms with Crippen molar-refractivity contribution in [2.45, 2.75) is 6.92 Å². The highest BCUT2D eigenvalue weighted by Gasteiger charge is 2.13. The average Bonchev–Trinajstić information content (AvgIpc) is 2.34. The lowest BCUT2D eigenvalue weighted by molar-refractivity contribution is 0.0697. The zero-order chi connectivity index (χ0) is 14.0. The van der Waals surface area contributed by atoms with Crippen LogP contribution >= 0.6 is 11.6 Å². The van der Waals surface area contributed by atoms with E-state index in [0.29, 0.717) is 10.7 Å². The molecule has 0 saturated carbocycles. The highest BCUT2D eigenvalue weighted by molar-refractivity contribution is 6.33. The maximum absolute atomic E-state index is 11.1. The molecule has 2 rings (SSSR count). The molecule has 4 N–H and O–H groups in total. The van der Waals surface area contributed by atoms with Crippen molar-refractivity contribution in [2.75, 3.05) is 11.1 Å². The van der Waals surface area contributed by atoms with Gasteiger partial charge in [-0.1, -0.05) is 17.7 Å². The number of nitrogens with zero attached hydrogens (tertiary/aromatic N) is 1. The third-order valence-electron chi connectivity index (χ3n) is 2.52. The van der Waals surface area contributed by atoms with Gasteiger partial charge in [0.2, 0.25) is 0 Å². The molecular formula is C13H12ClN3O2. The number of anilines is 3. The summed E-state index contributed by atoms with van der Waals surface area (Å²) in [6.45, 7) is 1.92. The third kappa shape index (κ3) is 2.95. The number of aromatic carboxylic acids is 1. The van der Waals surface area contributed by atoms with Crippen LogP contribution in [0, 0.1) is 6.92 Å². The Kier molecular flexibility index (Phi) is 3.57. The summed E-state index contributed by atoms with van der Waals surface area (Å²) >= 11 is 6.08. The van der Waals surface area contributed by atoms with Gasteiger partial charge in [-0.2, -0.15) is 0 Å². The van der Waals surface area contributed by atoms with Crippen LogP contribution in [0.15, 0.2) is 30.5 Å². The van der Waals surface area contributed by atoms with Crippen molar-refractivity contribution in [1.29, 1.82) is 0 Å². The molecule has 0 amide bonds. The molecule has 0 unspecified atom stereocenters. The van der Waals surface area contributed by atoms with Gasteiger partial charge in [-0.15, -0.1) is 0 Å². The molecule has 0 saturated heterocycles. The number of aromatic nitrogens is 1. The quantitative estimate of drug-likeness (QED) is 0.802. The maximum Gasteiger partial charge on any atom is 0.339 e. The minimum absolute atomic E-state index is 0.00311. The van der Waals surface area contributed by atoms with Crippen molar-refractivity contribution in [2.24, 2.45) is 0 Å². The lowest BCUT2D eigenvalue weighted by Crippen LogP contribution is -2.06. The first-order chi connectivity index (χ1) is 8.97. The van der Waals surface area contributed by atoms with Crippen LogP contribution in [0.1, 0.15) is 15.9 Å². The number of halogens is 1. The Balaban J connectivity index is 2.40. The van der Waals surface area contributed by atoms with Crippen molar-refractivity contribution >= 4 is 34.8 Å². The van der Waals surface area contributed by atoms with Crippen LogP contribution in [0.5, 0.6) is 0 Å². The minimum atomic E-state index is -1.11. The van der Waals surface area contributed by atoms with Gasteiger partial charge < -0.3 is 16.2 Å². The maximum atomic E-state index is 11.1. The number of aryl methyl sites for hydroxylation is 1. The fraction of sp³-hybridized carbons (Fsp3) is 0.0769.